The topological polar surface area (TPSA) is 20.2 Å². The average Bonchev–Trinajstić information content (AvgIpc) is 2.18. The molecule has 1 rings (SSSR count). The molecule has 1 atom stereocenters. The van der Waals surface area contributed by atoms with E-state index in [0.717, 1.165) is 0 Å². The van der Waals surface area contributed by atoms with Crippen molar-refractivity contribution in [3.05, 3.63) is 35.1 Å². The number of aliphatic hydroxyl groups excluding tert-OH is 1. The molecule has 74 valence electrons. The zero-order valence-electron chi connectivity index (χ0n) is 8.13. The largest absolute Gasteiger partial charge is 0.388 e. The van der Waals surface area contributed by atoms with Crippen molar-refractivity contribution in [2.75, 3.05) is 0 Å². The second kappa shape index (κ2) is 4.78. The van der Waals surface area contributed by atoms with Gasteiger partial charge < -0.3 is 5.11 Å². The molecule has 1 nitrogen and oxygen atoms in total. The molecule has 0 saturated carbocycles. The lowest BCUT2D eigenvalue weighted by molar-refractivity contribution is 0.169. The Hall–Kier alpha value is -1.33. The summed E-state index contributed by atoms with van der Waals surface area (Å²) >= 11 is 0. The molecule has 0 saturated heterocycles. The Kier molecular flexibility index (Phi) is 3.67. The van der Waals surface area contributed by atoms with E-state index in [2.05, 4.69) is 5.92 Å². The van der Waals surface area contributed by atoms with Crippen LogP contribution in [0.3, 0.4) is 0 Å². The standard InChI is InChI=1S/C12H13FO/c1-3-4-5-12(14)10-7-6-9(2)11(13)8-10/h1,6-8,12,14H,4-5H2,2H3. The van der Waals surface area contributed by atoms with Crippen LogP contribution in [0, 0.1) is 25.1 Å². The summed E-state index contributed by atoms with van der Waals surface area (Å²) in [6.07, 6.45) is 5.38. The fraction of sp³-hybridized carbons (Fsp3) is 0.333. The summed E-state index contributed by atoms with van der Waals surface area (Å²) in [7, 11) is 0. The van der Waals surface area contributed by atoms with E-state index in [0.29, 0.717) is 24.0 Å². The highest BCUT2D eigenvalue weighted by Crippen LogP contribution is 2.20. The third-order valence-corrected chi connectivity index (χ3v) is 2.14. The summed E-state index contributed by atoms with van der Waals surface area (Å²) in [5.41, 5.74) is 1.17. The second-order valence-electron chi connectivity index (χ2n) is 3.27. The van der Waals surface area contributed by atoms with Gasteiger partial charge >= 0.3 is 0 Å². The quantitative estimate of drug-likeness (QED) is 0.730. The molecule has 0 spiro atoms. The van der Waals surface area contributed by atoms with Crippen LogP contribution in [0.2, 0.25) is 0 Å². The molecule has 1 aromatic carbocycles. The van der Waals surface area contributed by atoms with Gasteiger partial charge in [-0.05, 0) is 30.5 Å². The minimum atomic E-state index is -0.666. The van der Waals surface area contributed by atoms with Gasteiger partial charge in [0.2, 0.25) is 0 Å². The van der Waals surface area contributed by atoms with Crippen LogP contribution in [-0.4, -0.2) is 5.11 Å². The van der Waals surface area contributed by atoms with Gasteiger partial charge in [-0.15, -0.1) is 12.3 Å². The normalized spacial score (nSPS) is 12.1. The Balaban J connectivity index is 2.76. The van der Waals surface area contributed by atoms with Crippen LogP contribution in [-0.2, 0) is 0 Å². The predicted molar refractivity (Wildman–Crippen MR) is 54.2 cm³/mol. The van der Waals surface area contributed by atoms with Crippen molar-refractivity contribution in [2.45, 2.75) is 25.9 Å². The highest BCUT2D eigenvalue weighted by atomic mass is 19.1. The molecule has 0 amide bonds. The fourth-order valence-corrected chi connectivity index (χ4v) is 1.20. The molecule has 1 unspecified atom stereocenters. The molecule has 0 radical (unpaired) electrons. The van der Waals surface area contributed by atoms with Crippen LogP contribution in [0.1, 0.15) is 30.1 Å². The highest BCUT2D eigenvalue weighted by molar-refractivity contribution is 5.24. The lowest BCUT2D eigenvalue weighted by Crippen LogP contribution is -1.98. The average molecular weight is 192 g/mol. The molecule has 0 aliphatic carbocycles. The van der Waals surface area contributed by atoms with Crippen LogP contribution in [0.15, 0.2) is 18.2 Å². The number of aryl methyl sites for hydroxylation is 1. The van der Waals surface area contributed by atoms with Crippen molar-refractivity contribution in [3.63, 3.8) is 0 Å². The van der Waals surface area contributed by atoms with Crippen molar-refractivity contribution in [1.29, 1.82) is 0 Å². The number of terminal acetylenes is 1. The minimum Gasteiger partial charge on any atom is -0.388 e. The second-order valence-corrected chi connectivity index (χ2v) is 3.27. The number of halogens is 1. The molecule has 2 heteroatoms. The van der Waals surface area contributed by atoms with E-state index < -0.39 is 6.10 Å². The van der Waals surface area contributed by atoms with E-state index in [9.17, 15) is 9.50 Å². The molecule has 0 aromatic heterocycles. The van der Waals surface area contributed by atoms with E-state index in [1.807, 2.05) is 0 Å². The Morgan fingerprint density at radius 2 is 2.29 bits per heavy atom. The van der Waals surface area contributed by atoms with E-state index in [4.69, 9.17) is 6.42 Å². The predicted octanol–water partition coefficient (Wildman–Crippen LogP) is 2.58. The van der Waals surface area contributed by atoms with Crippen molar-refractivity contribution in [2.24, 2.45) is 0 Å². The molecular weight excluding hydrogens is 179 g/mol. The Bertz CT molecular complexity index is 352. The zero-order chi connectivity index (χ0) is 10.6. The van der Waals surface area contributed by atoms with Gasteiger partial charge in [-0.2, -0.15) is 0 Å². The summed E-state index contributed by atoms with van der Waals surface area (Å²) in [6, 6.07) is 4.74. The van der Waals surface area contributed by atoms with Crippen LogP contribution in [0.5, 0.6) is 0 Å². The summed E-state index contributed by atoms with van der Waals surface area (Å²) in [4.78, 5) is 0. The monoisotopic (exact) mass is 192 g/mol. The van der Waals surface area contributed by atoms with Gasteiger partial charge in [-0.25, -0.2) is 4.39 Å². The molecule has 0 aliphatic rings. The fourth-order valence-electron chi connectivity index (χ4n) is 1.20. The summed E-state index contributed by atoms with van der Waals surface area (Å²) in [5, 5.41) is 9.60. The Morgan fingerprint density at radius 1 is 1.57 bits per heavy atom. The van der Waals surface area contributed by atoms with Gasteiger partial charge in [-0.1, -0.05) is 12.1 Å². The maximum absolute atomic E-state index is 13.1. The maximum atomic E-state index is 13.1. The Labute approximate surface area is 83.6 Å². The zero-order valence-corrected chi connectivity index (χ0v) is 8.13. The molecule has 1 N–H and O–H groups in total. The van der Waals surface area contributed by atoms with Crippen LogP contribution < -0.4 is 0 Å². The summed E-state index contributed by atoms with van der Waals surface area (Å²) < 4.78 is 13.1. The van der Waals surface area contributed by atoms with E-state index in [1.165, 1.54) is 6.07 Å². The molecule has 0 heterocycles. The number of aliphatic hydroxyl groups is 1. The first-order valence-electron chi connectivity index (χ1n) is 4.52. The molecular formula is C12H13FO. The SMILES string of the molecule is C#CCCC(O)c1ccc(C)c(F)c1. The maximum Gasteiger partial charge on any atom is 0.126 e. The Morgan fingerprint density at radius 3 is 2.86 bits per heavy atom. The van der Waals surface area contributed by atoms with Crippen molar-refractivity contribution in [3.8, 4) is 12.3 Å². The highest BCUT2D eigenvalue weighted by Gasteiger charge is 2.08. The molecule has 1 aromatic rings. The van der Waals surface area contributed by atoms with E-state index >= 15 is 0 Å². The van der Waals surface area contributed by atoms with Crippen molar-refractivity contribution < 1.29 is 9.50 Å². The third-order valence-electron chi connectivity index (χ3n) is 2.14. The van der Waals surface area contributed by atoms with Crippen LogP contribution in [0.4, 0.5) is 4.39 Å². The van der Waals surface area contributed by atoms with Crippen molar-refractivity contribution in [1.82, 2.24) is 0 Å². The van der Waals surface area contributed by atoms with Gasteiger partial charge in [0.05, 0.1) is 6.10 Å². The summed E-state index contributed by atoms with van der Waals surface area (Å²) in [6.45, 7) is 1.69. The van der Waals surface area contributed by atoms with Gasteiger partial charge in [0, 0.05) is 6.42 Å². The molecule has 14 heavy (non-hydrogen) atoms. The van der Waals surface area contributed by atoms with Gasteiger partial charge in [-0.3, -0.25) is 0 Å². The number of hydrogen-bond acceptors (Lipinski definition) is 1. The molecule has 0 fully saturated rings. The lowest BCUT2D eigenvalue weighted by Gasteiger charge is -2.09. The van der Waals surface area contributed by atoms with E-state index in [-0.39, 0.29) is 5.82 Å². The van der Waals surface area contributed by atoms with Crippen LogP contribution >= 0.6 is 0 Å². The molecule has 0 aliphatic heterocycles. The first kappa shape index (κ1) is 10.7. The number of benzene rings is 1. The number of hydrogen-bond donors (Lipinski definition) is 1. The van der Waals surface area contributed by atoms with Crippen LogP contribution in [0.25, 0.3) is 0 Å². The molecule has 0 bridgehead atoms. The van der Waals surface area contributed by atoms with E-state index in [1.54, 1.807) is 19.1 Å². The minimum absolute atomic E-state index is 0.290. The van der Waals surface area contributed by atoms with Gasteiger partial charge in [0.1, 0.15) is 5.82 Å². The van der Waals surface area contributed by atoms with Gasteiger partial charge in [0.15, 0.2) is 0 Å². The third kappa shape index (κ3) is 2.58. The summed E-state index contributed by atoms with van der Waals surface area (Å²) in [5.74, 6) is 2.15. The lowest BCUT2D eigenvalue weighted by atomic mass is 10.0. The smallest absolute Gasteiger partial charge is 0.126 e. The van der Waals surface area contributed by atoms with Crippen molar-refractivity contribution >= 4 is 0 Å². The number of rotatable bonds is 3. The van der Waals surface area contributed by atoms with Gasteiger partial charge in [0.25, 0.3) is 0 Å². The first-order valence-corrected chi connectivity index (χ1v) is 4.52. The first-order chi connectivity index (χ1) is 6.65.